The summed E-state index contributed by atoms with van der Waals surface area (Å²) in [5, 5.41) is 0. The molecule has 0 unspecified atom stereocenters. The molecule has 0 N–H and O–H groups in total. The molecule has 1 fully saturated rings. The smallest absolute Gasteiger partial charge is 0.256 e. The van der Waals surface area contributed by atoms with Gasteiger partial charge in [0.15, 0.2) is 0 Å². The molecule has 0 atom stereocenters. The molecule has 0 bridgehead atoms. The number of carbonyl (C=O) groups excluding carboxylic acids is 1. The molecule has 0 radical (unpaired) electrons. The lowest BCUT2D eigenvalue weighted by Crippen LogP contribution is -2.49. The van der Waals surface area contributed by atoms with Crippen LogP contribution in [0.2, 0.25) is 0 Å². The van der Waals surface area contributed by atoms with E-state index in [4.69, 9.17) is 0 Å². The highest BCUT2D eigenvalue weighted by Gasteiger charge is 2.28. The van der Waals surface area contributed by atoms with E-state index < -0.39 is 21.7 Å². The van der Waals surface area contributed by atoms with Crippen molar-refractivity contribution in [3.8, 4) is 0 Å². The highest BCUT2D eigenvalue weighted by Crippen LogP contribution is 2.23. The second-order valence-electron chi connectivity index (χ2n) is 6.96. The molecule has 0 aromatic heterocycles. The van der Waals surface area contributed by atoms with E-state index in [2.05, 4.69) is 0 Å². The van der Waals surface area contributed by atoms with Gasteiger partial charge in [0.05, 0.1) is 16.1 Å². The van der Waals surface area contributed by atoms with Crippen molar-refractivity contribution in [2.24, 2.45) is 0 Å². The Morgan fingerprint density at radius 2 is 1.60 bits per heavy atom. The molecule has 1 amide bonds. The van der Waals surface area contributed by atoms with Crippen LogP contribution in [0.1, 0.15) is 24.2 Å². The number of rotatable bonds is 6. The normalized spacial score (nSPS) is 15.0. The van der Waals surface area contributed by atoms with E-state index in [9.17, 15) is 22.0 Å². The van der Waals surface area contributed by atoms with Crippen molar-refractivity contribution in [1.82, 2.24) is 9.21 Å². The van der Waals surface area contributed by atoms with Crippen molar-refractivity contribution < 1.29 is 22.0 Å². The Labute approximate surface area is 175 Å². The third-order valence-corrected chi connectivity index (χ3v) is 7.32. The molecule has 0 saturated carbocycles. The van der Waals surface area contributed by atoms with Crippen molar-refractivity contribution in [3.63, 3.8) is 0 Å². The summed E-state index contributed by atoms with van der Waals surface area (Å²) in [6.45, 7) is 5.32. The van der Waals surface area contributed by atoms with E-state index in [-0.39, 0.29) is 42.5 Å². The molecule has 1 saturated heterocycles. The molecule has 0 spiro atoms. The Hall–Kier alpha value is -2.52. The monoisotopic (exact) mass is 437 g/mol. The van der Waals surface area contributed by atoms with Crippen molar-refractivity contribution >= 4 is 21.6 Å². The summed E-state index contributed by atoms with van der Waals surface area (Å²) in [5.74, 6) is -1.68. The quantitative estimate of drug-likeness (QED) is 0.697. The number of piperazine rings is 1. The van der Waals surface area contributed by atoms with Gasteiger partial charge in [0.1, 0.15) is 11.6 Å². The van der Waals surface area contributed by atoms with E-state index in [1.54, 1.807) is 32.0 Å². The number of hydrogen-bond acceptors (Lipinski definition) is 4. The maximum Gasteiger partial charge on any atom is 0.256 e. The van der Waals surface area contributed by atoms with Crippen molar-refractivity contribution in [1.29, 1.82) is 0 Å². The molecular formula is C21H25F2N3O3S. The predicted octanol–water partition coefficient (Wildman–Crippen LogP) is 2.96. The van der Waals surface area contributed by atoms with E-state index in [1.807, 2.05) is 4.90 Å². The van der Waals surface area contributed by atoms with Crippen LogP contribution in [0.4, 0.5) is 14.5 Å². The van der Waals surface area contributed by atoms with Gasteiger partial charge in [0.2, 0.25) is 10.0 Å². The number of hydrogen-bond donors (Lipinski definition) is 0. The SMILES string of the molecule is CCN(CC)S(=O)(=O)c1ccc(F)c(C(=O)N2CCN(c3ccccc3F)CC2)c1. The Kier molecular flexibility index (Phi) is 6.72. The highest BCUT2D eigenvalue weighted by atomic mass is 32.2. The summed E-state index contributed by atoms with van der Waals surface area (Å²) in [7, 11) is -3.81. The van der Waals surface area contributed by atoms with E-state index in [0.717, 1.165) is 12.1 Å². The van der Waals surface area contributed by atoms with Gasteiger partial charge in [0.25, 0.3) is 5.91 Å². The van der Waals surface area contributed by atoms with Crippen LogP contribution in [-0.4, -0.2) is 62.8 Å². The molecule has 1 aliphatic rings. The molecule has 162 valence electrons. The highest BCUT2D eigenvalue weighted by molar-refractivity contribution is 7.89. The van der Waals surface area contributed by atoms with E-state index in [0.29, 0.717) is 18.8 Å². The molecular weight excluding hydrogens is 412 g/mol. The largest absolute Gasteiger partial charge is 0.366 e. The van der Waals surface area contributed by atoms with Gasteiger partial charge >= 0.3 is 0 Å². The summed E-state index contributed by atoms with van der Waals surface area (Å²) in [6, 6.07) is 9.70. The zero-order chi connectivity index (χ0) is 21.9. The summed E-state index contributed by atoms with van der Waals surface area (Å²) < 4.78 is 55.1. The maximum absolute atomic E-state index is 14.4. The number of benzene rings is 2. The molecule has 0 aliphatic carbocycles. The van der Waals surface area contributed by atoms with Gasteiger partial charge in [-0.3, -0.25) is 4.79 Å². The molecule has 3 rings (SSSR count). The van der Waals surface area contributed by atoms with Gasteiger partial charge in [-0.1, -0.05) is 26.0 Å². The van der Waals surface area contributed by atoms with Crippen LogP contribution >= 0.6 is 0 Å². The standard InChI is InChI=1S/C21H25F2N3O3S/c1-3-26(4-2)30(28,29)16-9-10-18(22)17(15-16)21(27)25-13-11-24(12-14-25)20-8-6-5-7-19(20)23/h5-10,15H,3-4,11-14H2,1-2H3. The zero-order valence-corrected chi connectivity index (χ0v) is 17.8. The molecule has 2 aromatic carbocycles. The second kappa shape index (κ2) is 9.09. The first-order valence-electron chi connectivity index (χ1n) is 9.88. The second-order valence-corrected chi connectivity index (χ2v) is 8.90. The lowest BCUT2D eigenvalue weighted by Gasteiger charge is -2.36. The molecule has 6 nitrogen and oxygen atoms in total. The number of halogens is 2. The third-order valence-electron chi connectivity index (χ3n) is 5.27. The molecule has 1 heterocycles. The predicted molar refractivity (Wildman–Crippen MR) is 111 cm³/mol. The average Bonchev–Trinajstić information content (AvgIpc) is 2.74. The number of nitrogens with zero attached hydrogens (tertiary/aromatic N) is 3. The number of para-hydroxylation sites is 1. The van der Waals surface area contributed by atoms with Crippen LogP contribution in [0.5, 0.6) is 0 Å². The number of sulfonamides is 1. The molecule has 2 aromatic rings. The van der Waals surface area contributed by atoms with Crippen LogP contribution in [0.25, 0.3) is 0 Å². The first kappa shape index (κ1) is 22.2. The average molecular weight is 438 g/mol. The Morgan fingerprint density at radius 3 is 2.20 bits per heavy atom. The lowest BCUT2D eigenvalue weighted by atomic mass is 10.1. The van der Waals surface area contributed by atoms with E-state index in [1.165, 1.54) is 21.3 Å². The number of carbonyl (C=O) groups is 1. The van der Waals surface area contributed by atoms with Crippen molar-refractivity contribution in [2.75, 3.05) is 44.2 Å². The van der Waals surface area contributed by atoms with Crippen LogP contribution in [0, 0.1) is 11.6 Å². The molecule has 1 aliphatic heterocycles. The first-order valence-corrected chi connectivity index (χ1v) is 11.3. The minimum absolute atomic E-state index is 0.110. The summed E-state index contributed by atoms with van der Waals surface area (Å²) in [4.78, 5) is 16.1. The maximum atomic E-state index is 14.4. The van der Waals surface area contributed by atoms with Crippen molar-refractivity contribution in [3.05, 3.63) is 59.7 Å². The van der Waals surface area contributed by atoms with Gasteiger partial charge < -0.3 is 9.80 Å². The lowest BCUT2D eigenvalue weighted by molar-refractivity contribution is 0.0741. The Bertz CT molecular complexity index is 1020. The van der Waals surface area contributed by atoms with Crippen LogP contribution in [-0.2, 0) is 10.0 Å². The summed E-state index contributed by atoms with van der Waals surface area (Å²) in [5.41, 5.74) is 0.186. The fraction of sp³-hybridized carbons (Fsp3) is 0.381. The number of anilines is 1. The number of amides is 1. The third kappa shape index (κ3) is 4.32. The fourth-order valence-corrected chi connectivity index (χ4v) is 5.06. The van der Waals surface area contributed by atoms with Gasteiger partial charge in [0, 0.05) is 39.3 Å². The van der Waals surface area contributed by atoms with Gasteiger partial charge in [-0.25, -0.2) is 17.2 Å². The summed E-state index contributed by atoms with van der Waals surface area (Å²) in [6.07, 6.45) is 0. The van der Waals surface area contributed by atoms with Gasteiger partial charge in [-0.15, -0.1) is 0 Å². The van der Waals surface area contributed by atoms with E-state index >= 15 is 0 Å². The zero-order valence-electron chi connectivity index (χ0n) is 17.0. The molecule has 30 heavy (non-hydrogen) atoms. The first-order chi connectivity index (χ1) is 14.3. The fourth-order valence-electron chi connectivity index (χ4n) is 3.57. The molecule has 9 heteroatoms. The van der Waals surface area contributed by atoms with Crippen LogP contribution < -0.4 is 4.90 Å². The minimum Gasteiger partial charge on any atom is -0.366 e. The summed E-state index contributed by atoms with van der Waals surface area (Å²) >= 11 is 0. The minimum atomic E-state index is -3.81. The topological polar surface area (TPSA) is 60.9 Å². The van der Waals surface area contributed by atoms with Gasteiger partial charge in [-0.2, -0.15) is 4.31 Å². The van der Waals surface area contributed by atoms with Crippen molar-refractivity contribution in [2.45, 2.75) is 18.7 Å². The Balaban J connectivity index is 1.79. The van der Waals surface area contributed by atoms with Crippen LogP contribution in [0.15, 0.2) is 47.4 Å². The van der Waals surface area contributed by atoms with Crippen LogP contribution in [0.3, 0.4) is 0 Å². The Morgan fingerprint density at radius 1 is 0.967 bits per heavy atom. The van der Waals surface area contributed by atoms with Gasteiger partial charge in [-0.05, 0) is 30.3 Å².